The molecule has 0 saturated carbocycles. The fourth-order valence-corrected chi connectivity index (χ4v) is 8.49. The van der Waals surface area contributed by atoms with Gasteiger partial charge in [0.1, 0.15) is 0 Å². The Morgan fingerprint density at radius 3 is 1.48 bits per heavy atom. The van der Waals surface area contributed by atoms with E-state index in [1.165, 1.54) is 108 Å². The molecule has 0 radical (unpaired) electrons. The lowest BCUT2D eigenvalue weighted by Gasteiger charge is -2.17. The van der Waals surface area contributed by atoms with E-state index in [2.05, 4.69) is 170 Å². The molecule has 0 amide bonds. The van der Waals surface area contributed by atoms with Crippen LogP contribution in [0.4, 0.5) is 0 Å². The second kappa shape index (κ2) is 9.64. The van der Waals surface area contributed by atoms with E-state index in [0.29, 0.717) is 0 Å². The molecule has 0 fully saturated rings. The Hall–Kier alpha value is -6.24. The molecule has 0 heteroatoms. The van der Waals surface area contributed by atoms with Gasteiger partial charge in [-0.3, -0.25) is 0 Å². The van der Waals surface area contributed by atoms with Crippen molar-refractivity contribution in [3.63, 3.8) is 0 Å². The minimum absolute atomic E-state index is 1.24. The fraction of sp³-hybridized carbons (Fsp3) is 0. The highest BCUT2D eigenvalue weighted by molar-refractivity contribution is 6.34. The van der Waals surface area contributed by atoms with Gasteiger partial charge in [-0.15, -0.1) is 0 Å². The van der Waals surface area contributed by atoms with Crippen LogP contribution >= 0.6 is 0 Å². The molecule has 220 valence electrons. The van der Waals surface area contributed by atoms with E-state index in [0.717, 1.165) is 0 Å². The Morgan fingerprint density at radius 1 is 0.208 bits per heavy atom. The minimum Gasteiger partial charge on any atom is -0.0616 e. The summed E-state index contributed by atoms with van der Waals surface area (Å²) in [5.41, 5.74) is 5.01. The molecule has 11 rings (SSSR count). The maximum atomic E-state index is 2.37. The van der Waals surface area contributed by atoms with Gasteiger partial charge >= 0.3 is 0 Å². The van der Waals surface area contributed by atoms with Gasteiger partial charge in [0.25, 0.3) is 0 Å². The van der Waals surface area contributed by atoms with Gasteiger partial charge in [-0.2, -0.15) is 0 Å². The Labute approximate surface area is 277 Å². The molecule has 0 aromatic heterocycles. The van der Waals surface area contributed by atoms with E-state index in [1.54, 1.807) is 0 Å². The summed E-state index contributed by atoms with van der Waals surface area (Å²) >= 11 is 0. The zero-order valence-electron chi connectivity index (χ0n) is 26.2. The van der Waals surface area contributed by atoms with Crippen molar-refractivity contribution in [1.29, 1.82) is 0 Å². The van der Waals surface area contributed by atoms with Crippen LogP contribution in [-0.4, -0.2) is 0 Å². The van der Waals surface area contributed by atoms with Gasteiger partial charge < -0.3 is 0 Å². The van der Waals surface area contributed by atoms with E-state index in [1.807, 2.05) is 0 Å². The maximum absolute atomic E-state index is 2.37. The lowest BCUT2D eigenvalue weighted by molar-refractivity contribution is 1.67. The summed E-state index contributed by atoms with van der Waals surface area (Å²) in [5, 5.41) is 20.9. The Morgan fingerprint density at radius 2 is 0.688 bits per heavy atom. The molecular formula is C48H28. The van der Waals surface area contributed by atoms with E-state index in [-0.39, 0.29) is 0 Å². The first kappa shape index (κ1) is 25.9. The Balaban J connectivity index is 1.05. The monoisotopic (exact) mass is 604 g/mol. The zero-order valence-corrected chi connectivity index (χ0v) is 26.2. The third-order valence-electron chi connectivity index (χ3n) is 10.8. The van der Waals surface area contributed by atoms with Gasteiger partial charge in [0.05, 0.1) is 0 Å². The summed E-state index contributed by atoms with van der Waals surface area (Å²) < 4.78 is 0. The lowest BCUT2D eigenvalue weighted by Crippen LogP contribution is -1.89. The van der Waals surface area contributed by atoms with Crippen LogP contribution in [0.2, 0.25) is 0 Å². The average Bonchev–Trinajstić information content (AvgIpc) is 3.15. The summed E-state index contributed by atoms with van der Waals surface area (Å²) in [5.74, 6) is 0. The average molecular weight is 605 g/mol. The number of hydrogen-bond donors (Lipinski definition) is 0. The van der Waals surface area contributed by atoms with E-state index >= 15 is 0 Å². The van der Waals surface area contributed by atoms with Crippen LogP contribution in [0.5, 0.6) is 0 Å². The van der Waals surface area contributed by atoms with Crippen LogP contribution in [0.15, 0.2) is 170 Å². The SMILES string of the molecule is c1ccc2c(c1)ccc1c3cc(-c4ccc5cc(-c6ccc7c8cccc9cccc(c%10cccc6c%107)c98)ccc5c4)ccc3ccc21. The van der Waals surface area contributed by atoms with Crippen LogP contribution in [0.3, 0.4) is 0 Å². The van der Waals surface area contributed by atoms with Crippen LogP contribution in [-0.2, 0) is 0 Å². The van der Waals surface area contributed by atoms with Crippen molar-refractivity contribution in [2.24, 2.45) is 0 Å². The smallest absolute Gasteiger partial charge is 0.00201 e. The van der Waals surface area contributed by atoms with E-state index < -0.39 is 0 Å². The highest BCUT2D eigenvalue weighted by atomic mass is 14.2. The molecule has 0 N–H and O–H groups in total. The van der Waals surface area contributed by atoms with Gasteiger partial charge in [-0.05, 0) is 127 Å². The summed E-state index contributed by atoms with van der Waals surface area (Å²) in [4.78, 5) is 0. The molecule has 0 heterocycles. The molecule has 11 aromatic rings. The predicted octanol–water partition coefficient (Wildman–Crippen LogP) is 13.7. The molecule has 48 heavy (non-hydrogen) atoms. The van der Waals surface area contributed by atoms with Gasteiger partial charge in [0.15, 0.2) is 0 Å². The molecule has 11 aromatic carbocycles. The number of benzene rings is 11. The molecule has 0 atom stereocenters. The first-order valence-corrected chi connectivity index (χ1v) is 16.8. The topological polar surface area (TPSA) is 0 Å². The third kappa shape index (κ3) is 3.60. The molecule has 0 spiro atoms. The standard InChI is InChI=1S/C48H28/c1-2-9-37-29(6-1)20-23-40-39(37)22-21-30-14-15-35(28-46(30)40)33-16-17-34-27-36(19-18-32(34)26-33)38-24-25-45-43-11-4-8-31-7-3-10-42(47(31)43)44-13-5-12-41(38)48(44)45/h1-28H. The summed E-state index contributed by atoms with van der Waals surface area (Å²) in [6.45, 7) is 0. The van der Waals surface area contributed by atoms with Crippen LogP contribution in [0.25, 0.3) is 108 Å². The quantitative estimate of drug-likeness (QED) is 0.136. The molecule has 0 bridgehead atoms. The minimum atomic E-state index is 1.24. The summed E-state index contributed by atoms with van der Waals surface area (Å²) in [6.07, 6.45) is 0. The van der Waals surface area contributed by atoms with Gasteiger partial charge in [-0.25, -0.2) is 0 Å². The highest BCUT2D eigenvalue weighted by Crippen LogP contribution is 2.43. The second-order valence-electron chi connectivity index (χ2n) is 13.3. The van der Waals surface area contributed by atoms with Crippen molar-refractivity contribution in [3.05, 3.63) is 170 Å². The van der Waals surface area contributed by atoms with E-state index in [9.17, 15) is 0 Å². The lowest BCUT2D eigenvalue weighted by atomic mass is 9.87. The highest BCUT2D eigenvalue weighted by Gasteiger charge is 2.15. The molecule has 0 aliphatic carbocycles. The number of fused-ring (bicyclic) bond motifs is 8. The molecule has 0 unspecified atom stereocenters. The Kier molecular flexibility index (Phi) is 5.20. The van der Waals surface area contributed by atoms with Crippen LogP contribution in [0, 0.1) is 0 Å². The normalized spacial score (nSPS) is 12.2. The van der Waals surface area contributed by atoms with Crippen molar-refractivity contribution in [1.82, 2.24) is 0 Å². The molecule has 0 aliphatic heterocycles. The number of rotatable bonds is 2. The maximum Gasteiger partial charge on any atom is -0.00201 e. The van der Waals surface area contributed by atoms with Crippen LogP contribution < -0.4 is 0 Å². The fourth-order valence-electron chi connectivity index (χ4n) is 8.49. The molecule has 0 aliphatic rings. The molecule has 0 nitrogen and oxygen atoms in total. The second-order valence-corrected chi connectivity index (χ2v) is 13.3. The van der Waals surface area contributed by atoms with Crippen molar-refractivity contribution in [2.45, 2.75) is 0 Å². The van der Waals surface area contributed by atoms with Crippen molar-refractivity contribution in [3.8, 4) is 22.3 Å². The zero-order chi connectivity index (χ0) is 31.3. The van der Waals surface area contributed by atoms with Crippen molar-refractivity contribution < 1.29 is 0 Å². The third-order valence-corrected chi connectivity index (χ3v) is 10.8. The first-order chi connectivity index (χ1) is 23.8. The Bertz CT molecular complexity index is 3060. The molecular weight excluding hydrogens is 577 g/mol. The predicted molar refractivity (Wildman–Crippen MR) is 209 cm³/mol. The first-order valence-electron chi connectivity index (χ1n) is 16.8. The largest absolute Gasteiger partial charge is 0.0616 e. The molecule has 0 saturated heterocycles. The summed E-state index contributed by atoms with van der Waals surface area (Å²) in [6, 6.07) is 63.4. The van der Waals surface area contributed by atoms with Gasteiger partial charge in [0, 0.05) is 0 Å². The van der Waals surface area contributed by atoms with Gasteiger partial charge in [0.2, 0.25) is 0 Å². The van der Waals surface area contributed by atoms with Crippen molar-refractivity contribution >= 4 is 86.2 Å². The van der Waals surface area contributed by atoms with Crippen molar-refractivity contribution in [2.75, 3.05) is 0 Å². The number of hydrogen-bond acceptors (Lipinski definition) is 0. The van der Waals surface area contributed by atoms with Gasteiger partial charge in [-0.1, -0.05) is 152 Å². The summed E-state index contributed by atoms with van der Waals surface area (Å²) in [7, 11) is 0. The van der Waals surface area contributed by atoms with Crippen LogP contribution in [0.1, 0.15) is 0 Å². The van der Waals surface area contributed by atoms with E-state index in [4.69, 9.17) is 0 Å².